The van der Waals surface area contributed by atoms with Gasteiger partial charge in [-0.1, -0.05) is 25.9 Å². The standard InChI is InChI=1S/C24H38N4O7/c1-14(2)9-17(21(30)24(4)7-8-24)26-23(32)19(13-34-6)27-22(31)18(12-33-5)25-20(29)11-16-10-15(3)28-35-16/h10,14,17-19H,7-9,11-13H2,1-6H3,(H,25,29)(H,26,32)(H,27,31)/t17-,18-,19-/m0/s1. The van der Waals surface area contributed by atoms with E-state index >= 15 is 0 Å². The molecule has 35 heavy (non-hydrogen) atoms. The number of ketones is 1. The van der Waals surface area contributed by atoms with Crippen LogP contribution in [0.2, 0.25) is 0 Å². The topological polar surface area (TPSA) is 149 Å². The number of rotatable bonds is 15. The average Bonchev–Trinajstić information content (AvgIpc) is 3.41. The van der Waals surface area contributed by atoms with Crippen molar-refractivity contribution in [2.75, 3.05) is 27.4 Å². The molecule has 2 rings (SSSR count). The third kappa shape index (κ3) is 8.74. The molecule has 11 nitrogen and oxygen atoms in total. The van der Waals surface area contributed by atoms with Crippen LogP contribution in [-0.2, 0) is 35.1 Å². The monoisotopic (exact) mass is 494 g/mol. The molecule has 0 aliphatic heterocycles. The molecule has 0 unspecified atom stereocenters. The maximum Gasteiger partial charge on any atom is 0.245 e. The van der Waals surface area contributed by atoms with Crippen LogP contribution in [0.15, 0.2) is 10.6 Å². The van der Waals surface area contributed by atoms with Crippen molar-refractivity contribution in [2.45, 2.75) is 71.5 Å². The van der Waals surface area contributed by atoms with Crippen LogP contribution < -0.4 is 16.0 Å². The summed E-state index contributed by atoms with van der Waals surface area (Å²) >= 11 is 0. The number of nitrogens with one attached hydrogen (secondary N) is 3. The molecule has 1 heterocycles. The number of carbonyl (C=O) groups is 4. The number of amides is 3. The van der Waals surface area contributed by atoms with E-state index in [1.807, 2.05) is 20.8 Å². The van der Waals surface area contributed by atoms with Gasteiger partial charge in [0.2, 0.25) is 17.7 Å². The first-order chi connectivity index (χ1) is 16.5. The first-order valence-electron chi connectivity index (χ1n) is 11.8. The Hall–Kier alpha value is -2.79. The SMILES string of the molecule is COC[C@H](NC(=O)Cc1cc(C)no1)C(=O)N[C@@H](COC)C(=O)N[C@@H](CC(C)C)C(=O)C1(C)CC1. The summed E-state index contributed by atoms with van der Waals surface area (Å²) in [7, 11) is 2.80. The predicted molar refractivity (Wildman–Crippen MR) is 126 cm³/mol. The molecule has 11 heteroatoms. The van der Waals surface area contributed by atoms with Crippen LogP contribution in [0, 0.1) is 18.3 Å². The molecular weight excluding hydrogens is 456 g/mol. The number of hydrogen-bond donors (Lipinski definition) is 3. The minimum atomic E-state index is -1.06. The summed E-state index contributed by atoms with van der Waals surface area (Å²) in [5.41, 5.74) is 0.236. The normalized spacial score (nSPS) is 16.8. The Morgan fingerprint density at radius 2 is 1.54 bits per heavy atom. The summed E-state index contributed by atoms with van der Waals surface area (Å²) in [4.78, 5) is 51.4. The van der Waals surface area contributed by atoms with Gasteiger partial charge in [-0.05, 0) is 32.1 Å². The lowest BCUT2D eigenvalue weighted by Gasteiger charge is -2.26. The number of nitrogens with zero attached hydrogens (tertiary/aromatic N) is 1. The van der Waals surface area contributed by atoms with Crippen LogP contribution in [0.25, 0.3) is 0 Å². The zero-order valence-electron chi connectivity index (χ0n) is 21.4. The zero-order valence-corrected chi connectivity index (χ0v) is 21.4. The Balaban J connectivity index is 2.04. The van der Waals surface area contributed by atoms with Gasteiger partial charge in [-0.15, -0.1) is 0 Å². The number of hydrogen-bond acceptors (Lipinski definition) is 8. The molecule has 0 aromatic carbocycles. The van der Waals surface area contributed by atoms with E-state index in [2.05, 4.69) is 21.1 Å². The number of ether oxygens (including phenoxy) is 2. The second-order valence-corrected chi connectivity index (χ2v) is 9.82. The van der Waals surface area contributed by atoms with E-state index in [-0.39, 0.29) is 31.3 Å². The molecule has 0 bridgehead atoms. The molecule has 1 aromatic heterocycles. The highest BCUT2D eigenvalue weighted by atomic mass is 16.5. The molecule has 0 radical (unpaired) electrons. The number of methoxy groups -OCH3 is 2. The summed E-state index contributed by atoms with van der Waals surface area (Å²) in [5.74, 6) is -1.05. The van der Waals surface area contributed by atoms with E-state index in [1.165, 1.54) is 14.2 Å². The minimum absolute atomic E-state index is 0.00854. The maximum atomic E-state index is 13.1. The van der Waals surface area contributed by atoms with Crippen molar-refractivity contribution in [1.82, 2.24) is 21.1 Å². The van der Waals surface area contributed by atoms with Crippen LogP contribution in [0.3, 0.4) is 0 Å². The maximum absolute atomic E-state index is 13.1. The van der Waals surface area contributed by atoms with Gasteiger partial charge in [-0.2, -0.15) is 0 Å². The van der Waals surface area contributed by atoms with E-state index in [4.69, 9.17) is 14.0 Å². The third-order valence-electron chi connectivity index (χ3n) is 5.90. The number of aryl methyl sites for hydroxylation is 1. The predicted octanol–water partition coefficient (Wildman–Crippen LogP) is 0.688. The highest BCUT2D eigenvalue weighted by Gasteiger charge is 2.48. The molecule has 3 amide bonds. The van der Waals surface area contributed by atoms with Gasteiger partial charge in [0.15, 0.2) is 5.78 Å². The molecule has 196 valence electrons. The summed E-state index contributed by atoms with van der Waals surface area (Å²) in [6.45, 7) is 7.38. The summed E-state index contributed by atoms with van der Waals surface area (Å²) in [6.07, 6.45) is 2.01. The fourth-order valence-electron chi connectivity index (χ4n) is 3.70. The fourth-order valence-corrected chi connectivity index (χ4v) is 3.70. The Kier molecular flexibility index (Phi) is 10.4. The lowest BCUT2D eigenvalue weighted by atomic mass is 9.91. The van der Waals surface area contributed by atoms with Gasteiger partial charge < -0.3 is 29.9 Å². The van der Waals surface area contributed by atoms with Crippen LogP contribution >= 0.6 is 0 Å². The van der Waals surface area contributed by atoms with Crippen LogP contribution in [0.4, 0.5) is 0 Å². The molecule has 1 saturated carbocycles. The fraction of sp³-hybridized carbons (Fsp3) is 0.708. The van der Waals surface area contributed by atoms with E-state index in [0.717, 1.165) is 12.8 Å². The first kappa shape index (κ1) is 28.4. The Morgan fingerprint density at radius 1 is 1.00 bits per heavy atom. The van der Waals surface area contributed by atoms with E-state index < -0.39 is 41.3 Å². The number of carbonyl (C=O) groups excluding carboxylic acids is 4. The van der Waals surface area contributed by atoms with Gasteiger partial charge in [0.25, 0.3) is 0 Å². The van der Waals surface area contributed by atoms with Crippen LogP contribution in [-0.4, -0.2) is 74.2 Å². The van der Waals surface area contributed by atoms with Gasteiger partial charge in [0.05, 0.1) is 31.4 Å². The second-order valence-electron chi connectivity index (χ2n) is 9.82. The van der Waals surface area contributed by atoms with Gasteiger partial charge >= 0.3 is 0 Å². The first-order valence-corrected chi connectivity index (χ1v) is 11.8. The van der Waals surface area contributed by atoms with Gasteiger partial charge in [-0.3, -0.25) is 19.2 Å². The number of aromatic nitrogens is 1. The van der Waals surface area contributed by atoms with Crippen molar-refractivity contribution in [2.24, 2.45) is 11.3 Å². The molecule has 0 spiro atoms. The Labute approximate surface area is 206 Å². The van der Waals surface area contributed by atoms with Gasteiger partial charge in [-0.25, -0.2) is 0 Å². The highest BCUT2D eigenvalue weighted by Crippen LogP contribution is 2.47. The van der Waals surface area contributed by atoms with Crippen molar-refractivity contribution < 1.29 is 33.2 Å². The second kappa shape index (κ2) is 12.8. The van der Waals surface area contributed by atoms with E-state index in [0.29, 0.717) is 17.9 Å². The Bertz CT molecular complexity index is 894. The van der Waals surface area contributed by atoms with Crippen molar-refractivity contribution in [3.8, 4) is 0 Å². The summed E-state index contributed by atoms with van der Waals surface area (Å²) in [5, 5.41) is 11.7. The average molecular weight is 495 g/mol. The lowest BCUT2D eigenvalue weighted by molar-refractivity contribution is -0.136. The van der Waals surface area contributed by atoms with Crippen LogP contribution in [0.5, 0.6) is 0 Å². The van der Waals surface area contributed by atoms with Crippen molar-refractivity contribution in [1.29, 1.82) is 0 Å². The smallest absolute Gasteiger partial charge is 0.245 e. The summed E-state index contributed by atoms with van der Waals surface area (Å²) in [6, 6.07) is -1.13. The molecular formula is C24H38N4O7. The highest BCUT2D eigenvalue weighted by molar-refractivity contribution is 5.97. The molecule has 1 aliphatic carbocycles. The van der Waals surface area contributed by atoms with Crippen molar-refractivity contribution in [3.05, 3.63) is 17.5 Å². The molecule has 0 saturated heterocycles. The largest absolute Gasteiger partial charge is 0.382 e. The lowest BCUT2D eigenvalue weighted by Crippen LogP contribution is -2.58. The molecule has 3 N–H and O–H groups in total. The van der Waals surface area contributed by atoms with Crippen molar-refractivity contribution in [3.63, 3.8) is 0 Å². The molecule has 3 atom stereocenters. The van der Waals surface area contributed by atoms with E-state index in [1.54, 1.807) is 13.0 Å². The molecule has 1 aromatic rings. The van der Waals surface area contributed by atoms with Gasteiger partial charge in [0.1, 0.15) is 17.8 Å². The number of Topliss-reactive ketones (excluding diaryl/α,β-unsaturated/α-hetero) is 1. The quantitative estimate of drug-likeness (QED) is 0.322. The zero-order chi connectivity index (χ0) is 26.2. The van der Waals surface area contributed by atoms with Crippen molar-refractivity contribution >= 4 is 23.5 Å². The summed E-state index contributed by atoms with van der Waals surface area (Å²) < 4.78 is 15.2. The third-order valence-corrected chi connectivity index (χ3v) is 5.90. The minimum Gasteiger partial charge on any atom is -0.382 e. The van der Waals surface area contributed by atoms with Gasteiger partial charge in [0, 0.05) is 25.7 Å². The van der Waals surface area contributed by atoms with E-state index in [9.17, 15) is 19.2 Å². The Morgan fingerprint density at radius 3 is 2.00 bits per heavy atom. The molecule has 1 aliphatic rings. The van der Waals surface area contributed by atoms with Crippen LogP contribution in [0.1, 0.15) is 51.5 Å². The molecule has 1 fully saturated rings.